The molecule has 2 aromatic heterocycles. The second-order valence-corrected chi connectivity index (χ2v) is 4.23. The Bertz CT molecular complexity index is 836. The lowest BCUT2D eigenvalue weighted by Crippen LogP contribution is -1.82. The molecule has 1 aromatic carbocycles. The van der Waals surface area contributed by atoms with Gasteiger partial charge in [-0.2, -0.15) is 4.98 Å². The van der Waals surface area contributed by atoms with E-state index in [1.807, 2.05) is 0 Å². The smallest absolute Gasteiger partial charge is 0.401 e. The molecule has 0 saturated heterocycles. The molecule has 3 rings (SSSR count). The molecular weight excluding hydrogens is 293 g/mol. The Morgan fingerprint density at radius 2 is 1.91 bits per heavy atom. The topological polar surface area (TPSA) is 95.2 Å². The van der Waals surface area contributed by atoms with Gasteiger partial charge in [-0.1, -0.05) is 5.16 Å². The van der Waals surface area contributed by atoms with Crippen molar-refractivity contribution in [2.45, 2.75) is 0 Å². The molecule has 0 saturated carbocycles. The molecule has 0 radical (unpaired) electrons. The van der Waals surface area contributed by atoms with Gasteiger partial charge >= 0.3 is 5.88 Å². The summed E-state index contributed by atoms with van der Waals surface area (Å²) in [6, 6.07) is 8.35. The Morgan fingerprint density at radius 1 is 1.14 bits per heavy atom. The van der Waals surface area contributed by atoms with Gasteiger partial charge in [0.1, 0.15) is 16.5 Å². The normalized spacial score (nSPS) is 11.1. The Kier molecular flexibility index (Phi) is 3.48. The van der Waals surface area contributed by atoms with Crippen LogP contribution in [0.1, 0.15) is 11.7 Å². The monoisotopic (exact) mass is 301 g/mol. The van der Waals surface area contributed by atoms with Crippen LogP contribution in [0.15, 0.2) is 45.3 Å². The molecule has 7 nitrogen and oxygen atoms in total. The summed E-state index contributed by atoms with van der Waals surface area (Å²) in [5.41, 5.74) is 0.610. The largest absolute Gasteiger partial charge is 0.433 e. The zero-order valence-electron chi connectivity index (χ0n) is 11.0. The maximum absolute atomic E-state index is 12.8. The highest BCUT2D eigenvalue weighted by Crippen LogP contribution is 2.19. The highest BCUT2D eigenvalue weighted by Gasteiger charge is 2.10. The molecule has 22 heavy (non-hydrogen) atoms. The fourth-order valence-electron chi connectivity index (χ4n) is 1.70. The average molecular weight is 301 g/mol. The molecule has 110 valence electrons. The highest BCUT2D eigenvalue weighted by molar-refractivity contribution is 5.64. The SMILES string of the molecule is O=[N+]([O-])c1ccc(/C=C/c2nc(-c3ccc(F)cc3)no2)o1. The van der Waals surface area contributed by atoms with Gasteiger partial charge < -0.3 is 8.94 Å². The van der Waals surface area contributed by atoms with E-state index in [9.17, 15) is 14.5 Å². The summed E-state index contributed by atoms with van der Waals surface area (Å²) < 4.78 is 22.8. The number of halogens is 1. The third kappa shape index (κ3) is 2.90. The van der Waals surface area contributed by atoms with E-state index in [1.165, 1.54) is 48.6 Å². The van der Waals surface area contributed by atoms with E-state index in [-0.39, 0.29) is 23.4 Å². The van der Waals surface area contributed by atoms with E-state index >= 15 is 0 Å². The fourth-order valence-corrected chi connectivity index (χ4v) is 1.70. The number of benzene rings is 1. The first-order chi connectivity index (χ1) is 10.6. The van der Waals surface area contributed by atoms with Gasteiger partial charge in [0.15, 0.2) is 0 Å². The van der Waals surface area contributed by atoms with Crippen LogP contribution in [0.3, 0.4) is 0 Å². The number of furan rings is 1. The molecule has 0 unspecified atom stereocenters. The third-order valence-corrected chi connectivity index (χ3v) is 2.73. The summed E-state index contributed by atoms with van der Waals surface area (Å²) >= 11 is 0. The molecule has 0 aliphatic carbocycles. The summed E-state index contributed by atoms with van der Waals surface area (Å²) in [5.74, 6) is 0.0839. The molecular formula is C14H8FN3O4. The predicted octanol–water partition coefficient (Wildman–Crippen LogP) is 3.55. The number of aromatic nitrogens is 2. The van der Waals surface area contributed by atoms with Crippen LogP contribution in [0.5, 0.6) is 0 Å². The van der Waals surface area contributed by atoms with Gasteiger partial charge in [0, 0.05) is 11.6 Å². The van der Waals surface area contributed by atoms with Crippen LogP contribution >= 0.6 is 0 Å². The molecule has 0 spiro atoms. The second-order valence-electron chi connectivity index (χ2n) is 4.23. The van der Waals surface area contributed by atoms with E-state index in [0.717, 1.165) is 0 Å². The maximum atomic E-state index is 12.8. The van der Waals surface area contributed by atoms with E-state index in [4.69, 9.17) is 8.94 Å². The zero-order valence-corrected chi connectivity index (χ0v) is 11.0. The van der Waals surface area contributed by atoms with Crippen molar-refractivity contribution in [3.63, 3.8) is 0 Å². The van der Waals surface area contributed by atoms with Crippen molar-refractivity contribution in [3.05, 3.63) is 64.0 Å². The lowest BCUT2D eigenvalue weighted by Gasteiger charge is -1.92. The van der Waals surface area contributed by atoms with Gasteiger partial charge in [0.2, 0.25) is 5.82 Å². The van der Waals surface area contributed by atoms with Gasteiger partial charge in [-0.05, 0) is 36.4 Å². The third-order valence-electron chi connectivity index (χ3n) is 2.73. The van der Waals surface area contributed by atoms with Crippen molar-refractivity contribution >= 4 is 18.0 Å². The number of nitrogens with zero attached hydrogens (tertiary/aromatic N) is 3. The lowest BCUT2D eigenvalue weighted by molar-refractivity contribution is -0.402. The van der Waals surface area contributed by atoms with Crippen LogP contribution in [-0.4, -0.2) is 15.1 Å². The first kappa shape index (κ1) is 13.7. The van der Waals surface area contributed by atoms with Crippen LogP contribution in [-0.2, 0) is 0 Å². The minimum Gasteiger partial charge on any atom is -0.401 e. The molecule has 3 aromatic rings. The van der Waals surface area contributed by atoms with Crippen molar-refractivity contribution in [1.29, 1.82) is 0 Å². The van der Waals surface area contributed by atoms with E-state index in [1.54, 1.807) is 0 Å². The van der Waals surface area contributed by atoms with Gasteiger partial charge in [-0.3, -0.25) is 10.1 Å². The molecule has 0 aliphatic heterocycles. The Morgan fingerprint density at radius 3 is 2.59 bits per heavy atom. The van der Waals surface area contributed by atoms with Crippen molar-refractivity contribution in [1.82, 2.24) is 10.1 Å². The van der Waals surface area contributed by atoms with Crippen LogP contribution in [0, 0.1) is 15.9 Å². The van der Waals surface area contributed by atoms with E-state index < -0.39 is 4.92 Å². The fraction of sp³-hybridized carbons (Fsp3) is 0. The van der Waals surface area contributed by atoms with Crippen molar-refractivity contribution in [3.8, 4) is 11.4 Å². The standard InChI is InChI=1S/C14H8FN3O4/c15-10-3-1-9(2-4-10)14-16-12(22-17-14)7-5-11-6-8-13(21-11)18(19)20/h1-8H/b7-5+. The van der Waals surface area contributed by atoms with Gasteiger partial charge in [0.05, 0.1) is 6.07 Å². The van der Waals surface area contributed by atoms with Crippen molar-refractivity contribution < 1.29 is 18.3 Å². The van der Waals surface area contributed by atoms with Crippen LogP contribution in [0.2, 0.25) is 0 Å². The summed E-state index contributed by atoms with van der Waals surface area (Å²) in [5, 5.41) is 14.3. The highest BCUT2D eigenvalue weighted by atomic mass is 19.1. The average Bonchev–Trinajstić information content (AvgIpc) is 3.15. The molecule has 0 amide bonds. The summed E-state index contributed by atoms with van der Waals surface area (Å²) in [6.45, 7) is 0. The van der Waals surface area contributed by atoms with Gasteiger partial charge in [0.25, 0.3) is 5.89 Å². The first-order valence-electron chi connectivity index (χ1n) is 6.14. The van der Waals surface area contributed by atoms with Crippen LogP contribution in [0.25, 0.3) is 23.5 Å². The zero-order chi connectivity index (χ0) is 15.5. The Labute approximate surface area is 122 Å². The predicted molar refractivity (Wildman–Crippen MR) is 74.0 cm³/mol. The second kappa shape index (κ2) is 5.60. The number of hydrogen-bond donors (Lipinski definition) is 0. The van der Waals surface area contributed by atoms with E-state index in [2.05, 4.69) is 10.1 Å². The molecule has 0 atom stereocenters. The number of nitro groups is 1. The summed E-state index contributed by atoms with van der Waals surface area (Å²) in [6.07, 6.45) is 2.93. The van der Waals surface area contributed by atoms with Crippen LogP contribution < -0.4 is 0 Å². The molecule has 0 bridgehead atoms. The van der Waals surface area contributed by atoms with Crippen LogP contribution in [0.4, 0.5) is 10.3 Å². The molecule has 0 fully saturated rings. The first-order valence-corrected chi connectivity index (χ1v) is 6.14. The number of hydrogen-bond acceptors (Lipinski definition) is 6. The quantitative estimate of drug-likeness (QED) is 0.540. The van der Waals surface area contributed by atoms with E-state index in [0.29, 0.717) is 11.4 Å². The number of rotatable bonds is 4. The summed E-state index contributed by atoms with van der Waals surface area (Å²) in [4.78, 5) is 14.0. The summed E-state index contributed by atoms with van der Waals surface area (Å²) in [7, 11) is 0. The van der Waals surface area contributed by atoms with Gasteiger partial charge in [-0.25, -0.2) is 4.39 Å². The minimum atomic E-state index is -0.628. The molecule has 8 heteroatoms. The molecule has 2 heterocycles. The van der Waals surface area contributed by atoms with Crippen molar-refractivity contribution in [2.24, 2.45) is 0 Å². The lowest BCUT2D eigenvalue weighted by atomic mass is 10.2. The molecule has 0 aliphatic rings. The molecule has 0 N–H and O–H groups in total. The van der Waals surface area contributed by atoms with Gasteiger partial charge in [-0.15, -0.1) is 0 Å². The minimum absolute atomic E-state index is 0.193. The maximum Gasteiger partial charge on any atom is 0.433 e. The van der Waals surface area contributed by atoms with Crippen molar-refractivity contribution in [2.75, 3.05) is 0 Å². The Balaban J connectivity index is 1.77. The Hall–Kier alpha value is -3.29.